The smallest absolute Gasteiger partial charge is 0.318 e. The van der Waals surface area contributed by atoms with Crippen molar-refractivity contribution in [2.75, 3.05) is 0 Å². The van der Waals surface area contributed by atoms with Crippen molar-refractivity contribution in [1.29, 1.82) is 0 Å². The van der Waals surface area contributed by atoms with Crippen LogP contribution in [0.15, 0.2) is 42.5 Å². The third kappa shape index (κ3) is 3.01. The lowest BCUT2D eigenvalue weighted by Crippen LogP contribution is -1.96. The zero-order valence-electron chi connectivity index (χ0n) is 9.86. The largest absolute Gasteiger partial charge is 0.450 e. The van der Waals surface area contributed by atoms with Crippen LogP contribution in [0.25, 0.3) is 0 Å². The number of nitro benzene ring substituents is 2. The first-order chi connectivity index (χ1) is 9.47. The summed E-state index contributed by atoms with van der Waals surface area (Å²) in [6.45, 7) is 0. The number of halogens is 1. The second-order valence-corrected chi connectivity index (χ2v) is 4.16. The monoisotopic (exact) mass is 294 g/mol. The fourth-order valence-electron chi connectivity index (χ4n) is 1.48. The van der Waals surface area contributed by atoms with Gasteiger partial charge >= 0.3 is 5.69 Å². The second kappa shape index (κ2) is 5.54. The third-order valence-corrected chi connectivity index (χ3v) is 2.64. The summed E-state index contributed by atoms with van der Waals surface area (Å²) in [6.07, 6.45) is 0. The number of nitrogens with zero attached hydrogens (tertiary/aromatic N) is 2. The summed E-state index contributed by atoms with van der Waals surface area (Å²) in [5, 5.41) is 22.0. The molecule has 0 fully saturated rings. The summed E-state index contributed by atoms with van der Waals surface area (Å²) in [4.78, 5) is 20.1. The molecule has 0 atom stereocenters. The van der Waals surface area contributed by atoms with Crippen LogP contribution in [0.3, 0.4) is 0 Å². The summed E-state index contributed by atoms with van der Waals surface area (Å²) >= 11 is 5.71. The highest BCUT2D eigenvalue weighted by Crippen LogP contribution is 2.34. The Labute approximate surface area is 117 Å². The fourth-order valence-corrected chi connectivity index (χ4v) is 1.60. The molecule has 0 N–H and O–H groups in total. The van der Waals surface area contributed by atoms with E-state index >= 15 is 0 Å². The van der Waals surface area contributed by atoms with E-state index in [9.17, 15) is 20.2 Å². The molecule has 0 aliphatic heterocycles. The summed E-state index contributed by atoms with van der Waals surface area (Å²) in [7, 11) is 0. The van der Waals surface area contributed by atoms with Crippen LogP contribution < -0.4 is 4.74 Å². The van der Waals surface area contributed by atoms with Crippen LogP contribution in [0.1, 0.15) is 0 Å². The maximum absolute atomic E-state index is 10.9. The van der Waals surface area contributed by atoms with Gasteiger partial charge in [-0.25, -0.2) is 0 Å². The molecule has 2 aromatic rings. The third-order valence-electron chi connectivity index (χ3n) is 2.39. The highest BCUT2D eigenvalue weighted by Gasteiger charge is 2.21. The van der Waals surface area contributed by atoms with Gasteiger partial charge in [-0.05, 0) is 30.3 Å². The maximum Gasteiger partial charge on any atom is 0.318 e. The highest BCUT2D eigenvalue weighted by molar-refractivity contribution is 6.30. The number of benzene rings is 2. The topological polar surface area (TPSA) is 95.5 Å². The molecule has 0 unspecified atom stereocenters. The van der Waals surface area contributed by atoms with Crippen molar-refractivity contribution in [3.05, 3.63) is 67.7 Å². The van der Waals surface area contributed by atoms with Gasteiger partial charge in [-0.2, -0.15) is 0 Å². The Bertz CT molecular complexity index is 672. The molecule has 0 aliphatic rings. The van der Waals surface area contributed by atoms with Gasteiger partial charge in [0.1, 0.15) is 5.75 Å². The Kier molecular flexibility index (Phi) is 3.81. The van der Waals surface area contributed by atoms with E-state index in [4.69, 9.17) is 16.3 Å². The molecule has 0 bridgehead atoms. The van der Waals surface area contributed by atoms with Crippen LogP contribution in [-0.4, -0.2) is 9.85 Å². The predicted octanol–water partition coefficient (Wildman–Crippen LogP) is 3.95. The molecular weight excluding hydrogens is 288 g/mol. The molecule has 102 valence electrons. The molecule has 8 heteroatoms. The van der Waals surface area contributed by atoms with Gasteiger partial charge < -0.3 is 4.74 Å². The van der Waals surface area contributed by atoms with Gasteiger partial charge in [-0.1, -0.05) is 11.6 Å². The first kappa shape index (κ1) is 13.8. The Morgan fingerprint density at radius 1 is 0.950 bits per heavy atom. The summed E-state index contributed by atoms with van der Waals surface area (Å²) in [6, 6.07) is 9.37. The van der Waals surface area contributed by atoms with Crippen molar-refractivity contribution < 1.29 is 14.6 Å². The SMILES string of the molecule is O=[N+]([O-])c1ccc(Oc2ccc(Cl)cc2)c([N+](=O)[O-])c1. The molecule has 7 nitrogen and oxygen atoms in total. The first-order valence-corrected chi connectivity index (χ1v) is 5.71. The molecule has 0 spiro atoms. The van der Waals surface area contributed by atoms with Crippen molar-refractivity contribution in [2.45, 2.75) is 0 Å². The van der Waals surface area contributed by atoms with E-state index in [0.717, 1.165) is 12.1 Å². The molecule has 0 heterocycles. The van der Waals surface area contributed by atoms with Gasteiger partial charge in [0, 0.05) is 11.1 Å². The van der Waals surface area contributed by atoms with Gasteiger partial charge in [-0.3, -0.25) is 20.2 Å². The van der Waals surface area contributed by atoms with Gasteiger partial charge in [0.25, 0.3) is 5.69 Å². The van der Waals surface area contributed by atoms with E-state index in [0.29, 0.717) is 10.8 Å². The lowest BCUT2D eigenvalue weighted by atomic mass is 10.2. The van der Waals surface area contributed by atoms with Crippen molar-refractivity contribution in [1.82, 2.24) is 0 Å². The van der Waals surface area contributed by atoms with Crippen LogP contribution in [0.2, 0.25) is 5.02 Å². The number of hydrogen-bond acceptors (Lipinski definition) is 5. The molecule has 0 aromatic heterocycles. The van der Waals surface area contributed by atoms with E-state index in [1.165, 1.54) is 18.2 Å². The lowest BCUT2D eigenvalue weighted by molar-refractivity contribution is -0.394. The van der Waals surface area contributed by atoms with E-state index in [1.807, 2.05) is 0 Å². The van der Waals surface area contributed by atoms with Crippen LogP contribution in [0.4, 0.5) is 11.4 Å². The number of hydrogen-bond donors (Lipinski definition) is 0. The predicted molar refractivity (Wildman–Crippen MR) is 71.3 cm³/mol. The summed E-state index contributed by atoms with van der Waals surface area (Å²) < 4.78 is 5.34. The van der Waals surface area contributed by atoms with Crippen molar-refractivity contribution >= 4 is 23.0 Å². The average Bonchev–Trinajstić information content (AvgIpc) is 2.41. The quantitative estimate of drug-likeness (QED) is 0.628. The highest BCUT2D eigenvalue weighted by atomic mass is 35.5. The van der Waals surface area contributed by atoms with E-state index in [1.54, 1.807) is 12.1 Å². The van der Waals surface area contributed by atoms with E-state index in [-0.39, 0.29) is 11.4 Å². The van der Waals surface area contributed by atoms with Crippen LogP contribution in [0.5, 0.6) is 11.5 Å². The standard InChI is InChI=1S/C12H7ClN2O5/c13-8-1-4-10(5-2-8)20-12-6-3-9(14(16)17)7-11(12)15(18)19/h1-7H. The van der Waals surface area contributed by atoms with Gasteiger partial charge in [0.2, 0.25) is 5.75 Å². The lowest BCUT2D eigenvalue weighted by Gasteiger charge is -2.06. The molecule has 0 saturated carbocycles. The Morgan fingerprint density at radius 3 is 2.15 bits per heavy atom. The van der Waals surface area contributed by atoms with Gasteiger partial charge in [0.15, 0.2) is 0 Å². The molecular formula is C12H7ClN2O5. The van der Waals surface area contributed by atoms with Gasteiger partial charge in [0.05, 0.1) is 15.9 Å². The number of ether oxygens (including phenoxy) is 1. The zero-order chi connectivity index (χ0) is 14.7. The minimum Gasteiger partial charge on any atom is -0.450 e. The summed E-state index contributed by atoms with van der Waals surface area (Å²) in [5.41, 5.74) is -0.852. The first-order valence-electron chi connectivity index (χ1n) is 5.33. The van der Waals surface area contributed by atoms with E-state index in [2.05, 4.69) is 0 Å². The maximum atomic E-state index is 10.9. The van der Waals surface area contributed by atoms with Crippen molar-refractivity contribution in [2.24, 2.45) is 0 Å². The minimum atomic E-state index is -0.738. The number of rotatable bonds is 4. The van der Waals surface area contributed by atoms with Crippen molar-refractivity contribution in [3.63, 3.8) is 0 Å². The van der Waals surface area contributed by atoms with E-state index < -0.39 is 15.5 Å². The Balaban J connectivity index is 2.38. The molecule has 0 saturated heterocycles. The normalized spacial score (nSPS) is 10.1. The second-order valence-electron chi connectivity index (χ2n) is 3.72. The van der Waals surface area contributed by atoms with Crippen LogP contribution in [0, 0.1) is 20.2 Å². The Hall–Kier alpha value is -2.67. The molecule has 2 rings (SSSR count). The molecule has 0 radical (unpaired) electrons. The summed E-state index contributed by atoms with van der Waals surface area (Å²) in [5.74, 6) is 0.259. The van der Waals surface area contributed by atoms with Gasteiger partial charge in [-0.15, -0.1) is 0 Å². The fraction of sp³-hybridized carbons (Fsp3) is 0. The van der Waals surface area contributed by atoms with Crippen LogP contribution >= 0.6 is 11.6 Å². The molecule has 20 heavy (non-hydrogen) atoms. The Morgan fingerprint density at radius 2 is 1.60 bits per heavy atom. The zero-order valence-corrected chi connectivity index (χ0v) is 10.6. The number of non-ortho nitro benzene ring substituents is 1. The molecule has 0 aliphatic carbocycles. The molecule has 2 aromatic carbocycles. The van der Waals surface area contributed by atoms with Crippen molar-refractivity contribution in [3.8, 4) is 11.5 Å². The molecule has 0 amide bonds. The average molecular weight is 295 g/mol. The minimum absolute atomic E-state index is 0.0806. The number of nitro groups is 2. The van der Waals surface area contributed by atoms with Crippen LogP contribution in [-0.2, 0) is 0 Å².